The standard InChI is InChI=1S/C20H21N5O3S/c1-12(2)22-19(28)24-16(26)11-29-20-23-15-9-5-4-8-14(15)18(27)25(20)17-13(3)7-6-10-21-17/h4-10,12H,11H2,1-3H3,(H2,22,24,26,28). The average Bonchev–Trinajstić information content (AvgIpc) is 2.67. The van der Waals surface area contributed by atoms with Crippen LogP contribution >= 0.6 is 11.8 Å². The van der Waals surface area contributed by atoms with E-state index in [2.05, 4.69) is 20.6 Å². The lowest BCUT2D eigenvalue weighted by molar-refractivity contribution is -0.117. The summed E-state index contributed by atoms with van der Waals surface area (Å²) in [5.74, 6) is -0.113. The molecule has 0 aliphatic carbocycles. The minimum Gasteiger partial charge on any atom is -0.336 e. The quantitative estimate of drug-likeness (QED) is 0.493. The molecule has 0 fully saturated rings. The maximum atomic E-state index is 13.2. The van der Waals surface area contributed by atoms with Crippen LogP contribution in [-0.2, 0) is 4.79 Å². The molecule has 0 atom stereocenters. The summed E-state index contributed by atoms with van der Waals surface area (Å²) in [5, 5.41) is 5.64. The number of urea groups is 1. The lowest BCUT2D eigenvalue weighted by atomic mass is 10.2. The van der Waals surface area contributed by atoms with Crippen LogP contribution in [-0.4, -0.2) is 38.3 Å². The molecule has 8 nitrogen and oxygen atoms in total. The predicted octanol–water partition coefficient (Wildman–Crippen LogP) is 2.42. The first-order valence-corrected chi connectivity index (χ1v) is 10.0. The largest absolute Gasteiger partial charge is 0.336 e. The third kappa shape index (κ3) is 4.80. The van der Waals surface area contributed by atoms with Crippen LogP contribution in [0.3, 0.4) is 0 Å². The third-order valence-corrected chi connectivity index (χ3v) is 4.88. The van der Waals surface area contributed by atoms with Crippen LogP contribution in [0.2, 0.25) is 0 Å². The van der Waals surface area contributed by atoms with Gasteiger partial charge in [-0.1, -0.05) is 30.0 Å². The normalized spacial score (nSPS) is 10.9. The van der Waals surface area contributed by atoms with E-state index in [0.717, 1.165) is 17.3 Å². The zero-order valence-corrected chi connectivity index (χ0v) is 17.1. The molecule has 3 rings (SSSR count). The summed E-state index contributed by atoms with van der Waals surface area (Å²) in [5.41, 5.74) is 1.06. The zero-order valence-electron chi connectivity index (χ0n) is 16.3. The van der Waals surface area contributed by atoms with Crippen LogP contribution in [0.1, 0.15) is 19.4 Å². The zero-order chi connectivity index (χ0) is 21.0. The summed E-state index contributed by atoms with van der Waals surface area (Å²) in [7, 11) is 0. The molecule has 3 aromatic rings. The Hall–Kier alpha value is -3.20. The molecule has 150 valence electrons. The summed E-state index contributed by atoms with van der Waals surface area (Å²) in [6, 6.07) is 10.00. The maximum absolute atomic E-state index is 13.2. The number of imide groups is 1. The number of hydrogen-bond acceptors (Lipinski definition) is 6. The molecule has 0 spiro atoms. The van der Waals surface area contributed by atoms with Gasteiger partial charge in [0, 0.05) is 12.2 Å². The molecule has 2 N–H and O–H groups in total. The number of nitrogens with zero attached hydrogens (tertiary/aromatic N) is 3. The van der Waals surface area contributed by atoms with E-state index in [9.17, 15) is 14.4 Å². The molecule has 0 bridgehead atoms. The van der Waals surface area contributed by atoms with Gasteiger partial charge in [0.1, 0.15) is 5.82 Å². The number of carbonyl (C=O) groups excluding carboxylic acids is 2. The first-order valence-electron chi connectivity index (χ1n) is 9.03. The number of aryl methyl sites for hydroxylation is 1. The van der Waals surface area contributed by atoms with Gasteiger partial charge >= 0.3 is 6.03 Å². The van der Waals surface area contributed by atoms with Gasteiger partial charge < -0.3 is 5.32 Å². The van der Waals surface area contributed by atoms with Gasteiger partial charge in [0.2, 0.25) is 5.91 Å². The first-order chi connectivity index (χ1) is 13.9. The van der Waals surface area contributed by atoms with Crippen LogP contribution in [0.25, 0.3) is 16.7 Å². The van der Waals surface area contributed by atoms with Crippen molar-refractivity contribution in [2.24, 2.45) is 0 Å². The van der Waals surface area contributed by atoms with E-state index >= 15 is 0 Å². The van der Waals surface area contributed by atoms with Crippen LogP contribution < -0.4 is 16.2 Å². The van der Waals surface area contributed by atoms with Crippen LogP contribution in [0, 0.1) is 6.92 Å². The highest BCUT2D eigenvalue weighted by atomic mass is 32.2. The van der Waals surface area contributed by atoms with Gasteiger partial charge in [-0.05, 0) is 44.5 Å². The van der Waals surface area contributed by atoms with Crippen molar-refractivity contribution >= 4 is 34.6 Å². The molecule has 0 saturated carbocycles. The Labute approximate surface area is 171 Å². The Kier molecular flexibility index (Phi) is 6.28. The average molecular weight is 411 g/mol. The SMILES string of the molecule is Cc1cccnc1-n1c(SCC(=O)NC(=O)NC(C)C)nc2ccccc2c1=O. The molecule has 3 amide bonds. The van der Waals surface area contributed by atoms with Crippen LogP contribution in [0.4, 0.5) is 4.79 Å². The topological polar surface area (TPSA) is 106 Å². The lowest BCUT2D eigenvalue weighted by Crippen LogP contribution is -2.43. The number of pyridine rings is 1. The Balaban J connectivity index is 1.95. The summed E-state index contributed by atoms with van der Waals surface area (Å²) in [4.78, 5) is 45.9. The van der Waals surface area contributed by atoms with E-state index in [1.165, 1.54) is 4.57 Å². The minimum atomic E-state index is -0.560. The summed E-state index contributed by atoms with van der Waals surface area (Å²) in [6.07, 6.45) is 1.60. The van der Waals surface area contributed by atoms with Gasteiger partial charge in [-0.15, -0.1) is 0 Å². The molecule has 0 aliphatic heterocycles. The second-order valence-corrected chi connectivity index (χ2v) is 7.60. The number of aromatic nitrogens is 3. The number of benzene rings is 1. The van der Waals surface area contributed by atoms with E-state index in [-0.39, 0.29) is 17.4 Å². The minimum absolute atomic E-state index is 0.0812. The number of amides is 3. The van der Waals surface area contributed by atoms with E-state index < -0.39 is 11.9 Å². The van der Waals surface area contributed by atoms with Crippen LogP contribution in [0.15, 0.2) is 52.5 Å². The molecular weight excluding hydrogens is 390 g/mol. The van der Waals surface area contributed by atoms with Crippen molar-refractivity contribution in [2.75, 3.05) is 5.75 Å². The van der Waals surface area contributed by atoms with Crippen molar-refractivity contribution in [2.45, 2.75) is 32.0 Å². The molecular formula is C20H21N5O3S. The number of hydrogen-bond donors (Lipinski definition) is 2. The second kappa shape index (κ2) is 8.87. The highest BCUT2D eigenvalue weighted by Gasteiger charge is 2.17. The highest BCUT2D eigenvalue weighted by Crippen LogP contribution is 2.21. The van der Waals surface area contributed by atoms with Crippen molar-refractivity contribution < 1.29 is 9.59 Å². The van der Waals surface area contributed by atoms with Gasteiger partial charge in [0.15, 0.2) is 5.16 Å². The second-order valence-electron chi connectivity index (χ2n) is 6.66. The molecule has 0 radical (unpaired) electrons. The molecule has 9 heteroatoms. The number of thioether (sulfide) groups is 1. The molecule has 0 saturated heterocycles. The Morgan fingerprint density at radius 3 is 2.66 bits per heavy atom. The summed E-state index contributed by atoms with van der Waals surface area (Å²) >= 11 is 1.07. The van der Waals surface area contributed by atoms with E-state index in [1.807, 2.05) is 13.0 Å². The maximum Gasteiger partial charge on any atom is 0.321 e. The Morgan fingerprint density at radius 2 is 1.93 bits per heavy atom. The van der Waals surface area contributed by atoms with Crippen molar-refractivity contribution in [3.8, 4) is 5.82 Å². The molecule has 1 aromatic carbocycles. The van der Waals surface area contributed by atoms with Crippen molar-refractivity contribution in [3.05, 3.63) is 58.5 Å². The van der Waals surface area contributed by atoms with E-state index in [4.69, 9.17) is 0 Å². The fourth-order valence-corrected chi connectivity index (χ4v) is 3.49. The van der Waals surface area contributed by atoms with Gasteiger partial charge in [0.25, 0.3) is 5.56 Å². The van der Waals surface area contributed by atoms with Crippen molar-refractivity contribution in [1.29, 1.82) is 0 Å². The van der Waals surface area contributed by atoms with E-state index in [1.54, 1.807) is 50.4 Å². The fraction of sp³-hybridized carbons (Fsp3) is 0.250. The molecule has 2 aromatic heterocycles. The Bertz CT molecular complexity index is 1130. The number of fused-ring (bicyclic) bond motifs is 1. The molecule has 29 heavy (non-hydrogen) atoms. The number of rotatable bonds is 5. The van der Waals surface area contributed by atoms with Gasteiger partial charge in [-0.2, -0.15) is 0 Å². The van der Waals surface area contributed by atoms with Crippen LogP contribution in [0.5, 0.6) is 0 Å². The van der Waals surface area contributed by atoms with Crippen molar-refractivity contribution in [3.63, 3.8) is 0 Å². The lowest BCUT2D eigenvalue weighted by Gasteiger charge is -2.14. The molecule has 2 heterocycles. The van der Waals surface area contributed by atoms with Gasteiger partial charge in [-0.25, -0.2) is 19.3 Å². The summed E-state index contributed by atoms with van der Waals surface area (Å²) < 4.78 is 1.41. The molecule has 0 unspecified atom stereocenters. The number of para-hydroxylation sites is 1. The highest BCUT2D eigenvalue weighted by molar-refractivity contribution is 7.99. The third-order valence-electron chi connectivity index (χ3n) is 3.94. The summed E-state index contributed by atoms with van der Waals surface area (Å²) in [6.45, 7) is 5.44. The first kappa shape index (κ1) is 20.5. The number of nitrogens with one attached hydrogen (secondary N) is 2. The fourth-order valence-electron chi connectivity index (χ4n) is 2.70. The van der Waals surface area contributed by atoms with Crippen molar-refractivity contribution in [1.82, 2.24) is 25.2 Å². The van der Waals surface area contributed by atoms with E-state index in [0.29, 0.717) is 21.9 Å². The van der Waals surface area contributed by atoms with Gasteiger partial charge in [-0.3, -0.25) is 14.9 Å². The predicted molar refractivity (Wildman–Crippen MR) is 112 cm³/mol. The number of carbonyl (C=O) groups is 2. The smallest absolute Gasteiger partial charge is 0.321 e. The molecule has 0 aliphatic rings. The Morgan fingerprint density at radius 1 is 1.17 bits per heavy atom. The van der Waals surface area contributed by atoms with Gasteiger partial charge in [0.05, 0.1) is 16.7 Å². The monoisotopic (exact) mass is 411 g/mol.